The van der Waals surface area contributed by atoms with E-state index in [0.29, 0.717) is 0 Å². The largest absolute Gasteiger partial charge is 0.382 e. The van der Waals surface area contributed by atoms with Gasteiger partial charge in [-0.1, -0.05) is 0 Å². The van der Waals surface area contributed by atoms with Gasteiger partial charge >= 0.3 is 0 Å². The number of aryl methyl sites for hydroxylation is 2. The van der Waals surface area contributed by atoms with Gasteiger partial charge in [-0.05, 0) is 13.3 Å². The summed E-state index contributed by atoms with van der Waals surface area (Å²) in [5.74, 6) is 0.924. The summed E-state index contributed by atoms with van der Waals surface area (Å²) in [5, 5.41) is 6.51. The smallest absolute Gasteiger partial charge is 0.202 e. The number of ether oxygens (including phenoxy) is 1. The molecule has 5 nitrogen and oxygen atoms in total. The molecule has 2 aromatic rings. The highest BCUT2D eigenvalue weighted by molar-refractivity contribution is 7.09. The Morgan fingerprint density at radius 1 is 1.37 bits per heavy atom. The minimum Gasteiger partial charge on any atom is -0.382 e. The van der Waals surface area contributed by atoms with Crippen molar-refractivity contribution in [2.45, 2.75) is 26.3 Å². The molecule has 2 aromatic heterocycles. The van der Waals surface area contributed by atoms with E-state index in [2.05, 4.69) is 19.9 Å². The molecular weight excluding hydrogens is 260 g/mol. The summed E-state index contributed by atoms with van der Waals surface area (Å²) in [5.41, 5.74) is 0. The Balaban J connectivity index is 1.74. The average molecular weight is 280 g/mol. The Labute approximate surface area is 117 Å². The van der Waals surface area contributed by atoms with Gasteiger partial charge < -0.3 is 14.6 Å². The van der Waals surface area contributed by atoms with Gasteiger partial charge in [0.05, 0.1) is 5.01 Å². The zero-order valence-electron chi connectivity index (χ0n) is 11.2. The van der Waals surface area contributed by atoms with Crippen LogP contribution in [0.2, 0.25) is 0 Å². The number of thiazole rings is 1. The maximum absolute atomic E-state index is 5.31. The van der Waals surface area contributed by atoms with Crippen LogP contribution in [0.4, 0.5) is 5.95 Å². The minimum absolute atomic E-state index is 0.780. The van der Waals surface area contributed by atoms with E-state index in [1.807, 2.05) is 30.9 Å². The number of anilines is 1. The highest BCUT2D eigenvalue weighted by Gasteiger charge is 2.03. The first kappa shape index (κ1) is 14.0. The van der Waals surface area contributed by atoms with Gasteiger partial charge in [0.15, 0.2) is 0 Å². The van der Waals surface area contributed by atoms with Gasteiger partial charge in [0.25, 0.3) is 0 Å². The van der Waals surface area contributed by atoms with Crippen molar-refractivity contribution in [3.8, 4) is 0 Å². The van der Waals surface area contributed by atoms with E-state index in [4.69, 9.17) is 4.74 Å². The summed E-state index contributed by atoms with van der Waals surface area (Å²) in [7, 11) is 0. The molecule has 0 saturated heterocycles. The van der Waals surface area contributed by atoms with Gasteiger partial charge in [-0.15, -0.1) is 11.3 Å². The van der Waals surface area contributed by atoms with Crippen LogP contribution < -0.4 is 5.32 Å². The van der Waals surface area contributed by atoms with E-state index in [9.17, 15) is 0 Å². The van der Waals surface area contributed by atoms with Crippen LogP contribution in [0.1, 0.15) is 18.4 Å². The highest BCUT2D eigenvalue weighted by atomic mass is 32.1. The predicted molar refractivity (Wildman–Crippen MR) is 77.6 cm³/mol. The maximum Gasteiger partial charge on any atom is 0.202 e. The van der Waals surface area contributed by atoms with E-state index < -0.39 is 0 Å². The molecule has 0 aliphatic rings. The summed E-state index contributed by atoms with van der Waals surface area (Å²) in [4.78, 5) is 8.62. The number of rotatable bonds is 9. The summed E-state index contributed by atoms with van der Waals surface area (Å²) in [6.07, 6.45) is 7.61. The van der Waals surface area contributed by atoms with Gasteiger partial charge in [-0.3, -0.25) is 0 Å². The van der Waals surface area contributed by atoms with Crippen LogP contribution >= 0.6 is 11.3 Å². The molecule has 0 bridgehead atoms. The third kappa shape index (κ3) is 4.65. The third-order valence-corrected chi connectivity index (χ3v) is 3.56. The van der Waals surface area contributed by atoms with Gasteiger partial charge in [-0.25, -0.2) is 9.97 Å². The Morgan fingerprint density at radius 3 is 3.11 bits per heavy atom. The van der Waals surface area contributed by atoms with Crippen LogP contribution in [0.15, 0.2) is 24.0 Å². The van der Waals surface area contributed by atoms with Crippen LogP contribution in [0.25, 0.3) is 0 Å². The molecule has 2 rings (SSSR count). The first-order chi connectivity index (χ1) is 9.40. The van der Waals surface area contributed by atoms with Gasteiger partial charge in [0.2, 0.25) is 5.95 Å². The van der Waals surface area contributed by atoms with Crippen LogP contribution in [0, 0.1) is 0 Å². The third-order valence-electron chi connectivity index (χ3n) is 2.72. The molecule has 0 aliphatic heterocycles. The second-order valence-electron chi connectivity index (χ2n) is 4.10. The van der Waals surface area contributed by atoms with E-state index in [1.54, 1.807) is 11.3 Å². The van der Waals surface area contributed by atoms with Gasteiger partial charge in [-0.2, -0.15) is 0 Å². The summed E-state index contributed by atoms with van der Waals surface area (Å²) in [6.45, 7) is 5.38. The number of nitrogens with one attached hydrogen (secondary N) is 1. The summed E-state index contributed by atoms with van der Waals surface area (Å²) >= 11 is 1.70. The topological polar surface area (TPSA) is 52.0 Å². The van der Waals surface area contributed by atoms with Crippen molar-refractivity contribution in [3.05, 3.63) is 29.0 Å². The Kier molecular flexibility index (Phi) is 5.84. The molecule has 0 aromatic carbocycles. The SMILES string of the molecule is CCOCCCNc1nccn1CCc1nccs1. The summed E-state index contributed by atoms with van der Waals surface area (Å²) < 4.78 is 7.43. The number of imidazole rings is 1. The molecule has 1 N–H and O–H groups in total. The first-order valence-electron chi connectivity index (χ1n) is 6.61. The number of hydrogen-bond donors (Lipinski definition) is 1. The second kappa shape index (κ2) is 7.91. The predicted octanol–water partition coefficient (Wildman–Crippen LogP) is 2.42. The zero-order valence-corrected chi connectivity index (χ0v) is 12.0. The molecule has 0 amide bonds. The molecule has 0 unspecified atom stereocenters. The Bertz CT molecular complexity index is 455. The highest BCUT2D eigenvalue weighted by Crippen LogP contribution is 2.09. The number of hydrogen-bond acceptors (Lipinski definition) is 5. The Morgan fingerprint density at radius 2 is 2.32 bits per heavy atom. The van der Waals surface area contributed by atoms with Crippen LogP contribution in [0.3, 0.4) is 0 Å². The minimum atomic E-state index is 0.780. The first-order valence-corrected chi connectivity index (χ1v) is 7.49. The van der Waals surface area contributed by atoms with E-state index in [1.165, 1.54) is 0 Å². The second-order valence-corrected chi connectivity index (χ2v) is 5.08. The molecule has 2 heterocycles. The fourth-order valence-electron chi connectivity index (χ4n) is 1.77. The van der Waals surface area contributed by atoms with Crippen LogP contribution in [0.5, 0.6) is 0 Å². The molecule has 0 radical (unpaired) electrons. The van der Waals surface area contributed by atoms with E-state index >= 15 is 0 Å². The molecule has 104 valence electrons. The fourth-order valence-corrected chi connectivity index (χ4v) is 2.38. The lowest BCUT2D eigenvalue weighted by molar-refractivity contribution is 0.147. The maximum atomic E-state index is 5.31. The van der Waals surface area contributed by atoms with Crippen molar-refractivity contribution in [3.63, 3.8) is 0 Å². The molecule has 0 saturated carbocycles. The molecule has 0 atom stereocenters. The fraction of sp³-hybridized carbons (Fsp3) is 0.538. The lowest BCUT2D eigenvalue weighted by atomic mass is 10.4. The van der Waals surface area contributed by atoms with Crippen molar-refractivity contribution in [2.75, 3.05) is 25.1 Å². The van der Waals surface area contributed by atoms with Crippen molar-refractivity contribution in [1.29, 1.82) is 0 Å². The molecule has 0 spiro atoms. The standard InChI is InChI=1S/C13H20N4OS/c1-2-18-10-3-5-15-13-16-6-9-17(13)8-4-12-14-7-11-19-12/h6-7,9,11H,2-5,8,10H2,1H3,(H,15,16). The van der Waals surface area contributed by atoms with E-state index in [0.717, 1.165) is 50.1 Å². The van der Waals surface area contributed by atoms with Crippen LogP contribution in [-0.2, 0) is 17.7 Å². The lowest BCUT2D eigenvalue weighted by Crippen LogP contribution is -2.11. The monoisotopic (exact) mass is 280 g/mol. The van der Waals surface area contributed by atoms with Crippen LogP contribution in [-0.4, -0.2) is 34.3 Å². The molecule has 0 fully saturated rings. The van der Waals surface area contributed by atoms with Crippen molar-refractivity contribution >= 4 is 17.3 Å². The van der Waals surface area contributed by atoms with Gasteiger partial charge in [0.1, 0.15) is 0 Å². The average Bonchev–Trinajstić information content (AvgIpc) is 3.07. The lowest BCUT2D eigenvalue weighted by Gasteiger charge is -2.09. The number of nitrogens with zero attached hydrogens (tertiary/aromatic N) is 3. The molecule has 6 heteroatoms. The molecular formula is C13H20N4OS. The number of aromatic nitrogens is 3. The van der Waals surface area contributed by atoms with Crippen molar-refractivity contribution < 1.29 is 4.74 Å². The molecule has 19 heavy (non-hydrogen) atoms. The van der Waals surface area contributed by atoms with Crippen molar-refractivity contribution in [2.24, 2.45) is 0 Å². The zero-order chi connectivity index (χ0) is 13.3. The normalized spacial score (nSPS) is 10.8. The quantitative estimate of drug-likeness (QED) is 0.717. The van der Waals surface area contributed by atoms with Crippen molar-refractivity contribution in [1.82, 2.24) is 14.5 Å². The van der Waals surface area contributed by atoms with E-state index in [-0.39, 0.29) is 0 Å². The Hall–Kier alpha value is -1.40. The molecule has 0 aliphatic carbocycles. The summed E-state index contributed by atoms with van der Waals surface area (Å²) in [6, 6.07) is 0. The van der Waals surface area contributed by atoms with Gasteiger partial charge in [0, 0.05) is 56.7 Å².